The summed E-state index contributed by atoms with van der Waals surface area (Å²) in [5.41, 5.74) is 2.68. The molecule has 1 amide bonds. The van der Waals surface area contributed by atoms with Gasteiger partial charge in [-0.05, 0) is 36.8 Å². The van der Waals surface area contributed by atoms with Gasteiger partial charge in [0.25, 0.3) is 5.91 Å². The van der Waals surface area contributed by atoms with Crippen molar-refractivity contribution in [2.75, 3.05) is 0 Å². The molecule has 0 spiro atoms. The van der Waals surface area contributed by atoms with Crippen molar-refractivity contribution in [1.82, 2.24) is 20.3 Å². The number of nitrogens with one attached hydrogen (secondary N) is 1. The van der Waals surface area contributed by atoms with Crippen LogP contribution in [0, 0.1) is 0 Å². The summed E-state index contributed by atoms with van der Waals surface area (Å²) in [6, 6.07) is 13.5. The summed E-state index contributed by atoms with van der Waals surface area (Å²) >= 11 is 1.68. The second-order valence-electron chi connectivity index (χ2n) is 5.93. The van der Waals surface area contributed by atoms with Gasteiger partial charge in [0, 0.05) is 48.6 Å². The van der Waals surface area contributed by atoms with Crippen LogP contribution in [0.25, 0.3) is 0 Å². The Morgan fingerprint density at radius 3 is 2.62 bits per heavy atom. The van der Waals surface area contributed by atoms with Crippen LogP contribution in [0.3, 0.4) is 0 Å². The fourth-order valence-electron chi connectivity index (χ4n) is 2.45. The number of hydrogen-bond donors (Lipinski definition) is 1. The number of pyridine rings is 1. The van der Waals surface area contributed by atoms with E-state index in [0.29, 0.717) is 12.0 Å². The minimum atomic E-state index is -0.0784. The highest BCUT2D eigenvalue weighted by atomic mass is 32.2. The first kappa shape index (κ1) is 18.1. The SMILES string of the molecule is C[C@H](Cc1cnccn1)NC(=O)c1ccc(CSc2ccccn2)cc1. The second-order valence-corrected chi connectivity index (χ2v) is 6.92. The minimum absolute atomic E-state index is 0.0152. The normalized spacial score (nSPS) is 11.7. The summed E-state index contributed by atoms with van der Waals surface area (Å²) in [6.07, 6.45) is 7.46. The van der Waals surface area contributed by atoms with Gasteiger partial charge >= 0.3 is 0 Å². The van der Waals surface area contributed by atoms with Crippen molar-refractivity contribution in [2.45, 2.75) is 30.2 Å². The Morgan fingerprint density at radius 2 is 1.92 bits per heavy atom. The molecule has 26 heavy (non-hydrogen) atoms. The zero-order valence-electron chi connectivity index (χ0n) is 14.5. The summed E-state index contributed by atoms with van der Waals surface area (Å²) in [6.45, 7) is 1.96. The molecule has 0 unspecified atom stereocenters. The number of thioether (sulfide) groups is 1. The molecule has 0 saturated carbocycles. The van der Waals surface area contributed by atoms with Gasteiger partial charge in [0.15, 0.2) is 0 Å². The summed E-state index contributed by atoms with van der Waals surface area (Å²) in [4.78, 5) is 24.9. The van der Waals surface area contributed by atoms with Gasteiger partial charge in [0.05, 0.1) is 10.7 Å². The van der Waals surface area contributed by atoms with E-state index in [9.17, 15) is 4.79 Å². The molecule has 1 aromatic carbocycles. The average molecular weight is 364 g/mol. The van der Waals surface area contributed by atoms with Crippen molar-refractivity contribution < 1.29 is 4.79 Å². The van der Waals surface area contributed by atoms with E-state index in [-0.39, 0.29) is 11.9 Å². The number of rotatable bonds is 7. The van der Waals surface area contributed by atoms with Gasteiger partial charge in [0.1, 0.15) is 0 Å². The van der Waals surface area contributed by atoms with Crippen LogP contribution in [0.4, 0.5) is 0 Å². The molecular weight excluding hydrogens is 344 g/mol. The molecule has 0 radical (unpaired) electrons. The topological polar surface area (TPSA) is 67.8 Å². The molecule has 0 aliphatic carbocycles. The predicted molar refractivity (Wildman–Crippen MR) is 103 cm³/mol. The predicted octanol–water partition coefficient (Wildman–Crippen LogP) is 3.52. The molecule has 132 valence electrons. The molecule has 2 aromatic heterocycles. The molecule has 3 aromatic rings. The standard InChI is InChI=1S/C20H20N4OS/c1-15(12-18-13-21-10-11-22-18)24-20(25)17-7-5-16(6-8-17)14-26-19-4-2-3-9-23-19/h2-11,13,15H,12,14H2,1H3,(H,24,25)/t15-/m1/s1. The molecule has 0 aliphatic heterocycles. The van der Waals surface area contributed by atoms with Gasteiger partial charge in [-0.3, -0.25) is 14.8 Å². The molecular formula is C20H20N4OS. The van der Waals surface area contributed by atoms with E-state index < -0.39 is 0 Å². The summed E-state index contributed by atoms with van der Waals surface area (Å²) in [7, 11) is 0. The largest absolute Gasteiger partial charge is 0.349 e. The second kappa shape index (κ2) is 9.10. The quantitative estimate of drug-likeness (QED) is 0.650. The monoisotopic (exact) mass is 364 g/mol. The molecule has 6 heteroatoms. The Bertz CT molecular complexity index is 825. The van der Waals surface area contributed by atoms with Crippen LogP contribution in [0.15, 0.2) is 72.3 Å². The number of nitrogens with zero attached hydrogens (tertiary/aromatic N) is 3. The number of benzene rings is 1. The number of aromatic nitrogens is 3. The van der Waals surface area contributed by atoms with E-state index in [1.807, 2.05) is 49.4 Å². The van der Waals surface area contributed by atoms with Crippen LogP contribution in [0.1, 0.15) is 28.5 Å². The summed E-state index contributed by atoms with van der Waals surface area (Å²) in [5, 5.41) is 3.99. The lowest BCUT2D eigenvalue weighted by molar-refractivity contribution is 0.0940. The highest BCUT2D eigenvalue weighted by Gasteiger charge is 2.11. The molecule has 0 saturated heterocycles. The van der Waals surface area contributed by atoms with E-state index in [4.69, 9.17) is 0 Å². The van der Waals surface area contributed by atoms with E-state index in [1.165, 1.54) is 0 Å². The molecule has 0 bridgehead atoms. The summed E-state index contributed by atoms with van der Waals surface area (Å²) < 4.78 is 0. The fourth-order valence-corrected chi connectivity index (χ4v) is 3.27. The van der Waals surface area contributed by atoms with Crippen molar-refractivity contribution in [1.29, 1.82) is 0 Å². The van der Waals surface area contributed by atoms with Crippen LogP contribution in [0.5, 0.6) is 0 Å². The maximum Gasteiger partial charge on any atom is 0.251 e. The number of carbonyl (C=O) groups is 1. The highest BCUT2D eigenvalue weighted by Crippen LogP contribution is 2.20. The Hall–Kier alpha value is -2.73. The first-order chi connectivity index (χ1) is 12.7. The molecule has 0 fully saturated rings. The maximum atomic E-state index is 12.4. The van der Waals surface area contributed by atoms with Gasteiger partial charge in [-0.2, -0.15) is 0 Å². The lowest BCUT2D eigenvalue weighted by Crippen LogP contribution is -2.34. The molecule has 1 atom stereocenters. The van der Waals surface area contributed by atoms with Crippen molar-refractivity contribution >= 4 is 17.7 Å². The average Bonchev–Trinajstić information content (AvgIpc) is 2.68. The van der Waals surface area contributed by atoms with Crippen molar-refractivity contribution in [3.05, 3.63) is 84.1 Å². The van der Waals surface area contributed by atoms with Gasteiger partial charge < -0.3 is 5.32 Å². The van der Waals surface area contributed by atoms with E-state index in [0.717, 1.165) is 22.0 Å². The highest BCUT2D eigenvalue weighted by molar-refractivity contribution is 7.98. The zero-order chi connectivity index (χ0) is 18.2. The van der Waals surface area contributed by atoms with Crippen LogP contribution in [-0.2, 0) is 12.2 Å². The molecule has 3 rings (SSSR count). The maximum absolute atomic E-state index is 12.4. The van der Waals surface area contributed by atoms with Crippen LogP contribution in [-0.4, -0.2) is 26.9 Å². The third kappa shape index (κ3) is 5.39. The Labute approximate surface area is 157 Å². The third-order valence-electron chi connectivity index (χ3n) is 3.75. The Balaban J connectivity index is 1.51. The Kier molecular flexibility index (Phi) is 6.33. The zero-order valence-corrected chi connectivity index (χ0v) is 15.3. The third-order valence-corrected chi connectivity index (χ3v) is 4.76. The van der Waals surface area contributed by atoms with E-state index in [2.05, 4.69) is 20.3 Å². The lowest BCUT2D eigenvalue weighted by atomic mass is 10.1. The van der Waals surface area contributed by atoms with Gasteiger partial charge in [-0.1, -0.05) is 18.2 Å². The van der Waals surface area contributed by atoms with E-state index >= 15 is 0 Å². The minimum Gasteiger partial charge on any atom is -0.349 e. The first-order valence-electron chi connectivity index (χ1n) is 8.39. The van der Waals surface area contributed by atoms with Crippen LogP contribution in [0.2, 0.25) is 0 Å². The Morgan fingerprint density at radius 1 is 1.08 bits per heavy atom. The van der Waals surface area contributed by atoms with Crippen LogP contribution < -0.4 is 5.32 Å². The molecule has 0 aliphatic rings. The fraction of sp³-hybridized carbons (Fsp3) is 0.200. The van der Waals surface area contributed by atoms with Crippen LogP contribution >= 0.6 is 11.8 Å². The van der Waals surface area contributed by atoms with Gasteiger partial charge in [-0.25, -0.2) is 4.98 Å². The summed E-state index contributed by atoms with van der Waals surface area (Å²) in [5.74, 6) is 0.743. The number of amides is 1. The molecule has 2 heterocycles. The van der Waals surface area contributed by atoms with Crippen molar-refractivity contribution in [2.24, 2.45) is 0 Å². The van der Waals surface area contributed by atoms with Crippen molar-refractivity contribution in [3.8, 4) is 0 Å². The van der Waals surface area contributed by atoms with Gasteiger partial charge in [-0.15, -0.1) is 11.8 Å². The van der Waals surface area contributed by atoms with E-state index in [1.54, 1.807) is 36.5 Å². The molecule has 1 N–H and O–H groups in total. The first-order valence-corrected chi connectivity index (χ1v) is 9.38. The van der Waals surface area contributed by atoms with Gasteiger partial charge in [0.2, 0.25) is 0 Å². The number of hydrogen-bond acceptors (Lipinski definition) is 5. The van der Waals surface area contributed by atoms with Crippen molar-refractivity contribution in [3.63, 3.8) is 0 Å². The number of carbonyl (C=O) groups excluding carboxylic acids is 1. The molecule has 5 nitrogen and oxygen atoms in total. The smallest absolute Gasteiger partial charge is 0.251 e. The lowest BCUT2D eigenvalue weighted by Gasteiger charge is -2.13.